The van der Waals surface area contributed by atoms with Gasteiger partial charge in [0.15, 0.2) is 0 Å². The van der Waals surface area contributed by atoms with Gasteiger partial charge in [0.05, 0.1) is 0 Å². The van der Waals surface area contributed by atoms with Crippen LogP contribution in [0.4, 0.5) is 0 Å². The SMILES string of the molecule is C=C(C)C(=O)OCC(C)(COC(=O)C(=C)C)C(=O)OCC(C)S(=O)(=O)O.[KH]. The molecule has 1 unspecified atom stereocenters. The molecule has 27 heavy (non-hydrogen) atoms. The van der Waals surface area contributed by atoms with Crippen LogP contribution >= 0.6 is 0 Å². The zero-order chi connectivity index (χ0) is 20.7. The monoisotopic (exact) mass is 432 g/mol. The molecule has 0 saturated carbocycles. The van der Waals surface area contributed by atoms with E-state index in [1.54, 1.807) is 0 Å². The number of ether oxygens (including phenoxy) is 3. The fraction of sp³-hybridized carbons (Fsp3) is 0.562. The van der Waals surface area contributed by atoms with E-state index < -0.39 is 58.5 Å². The molecule has 0 radical (unpaired) electrons. The van der Waals surface area contributed by atoms with Crippen molar-refractivity contribution in [1.29, 1.82) is 0 Å². The van der Waals surface area contributed by atoms with Crippen LogP contribution in [0.1, 0.15) is 27.7 Å². The van der Waals surface area contributed by atoms with Crippen LogP contribution in [0.5, 0.6) is 0 Å². The van der Waals surface area contributed by atoms with E-state index >= 15 is 0 Å². The zero-order valence-corrected chi connectivity index (χ0v) is 16.1. The predicted molar refractivity (Wildman–Crippen MR) is 98.8 cm³/mol. The molecule has 0 fully saturated rings. The number of hydrogen-bond acceptors (Lipinski definition) is 8. The molecule has 0 heterocycles. The molecule has 0 aromatic rings. The van der Waals surface area contributed by atoms with Crippen molar-refractivity contribution in [3.05, 3.63) is 24.3 Å². The van der Waals surface area contributed by atoms with Gasteiger partial charge in [-0.2, -0.15) is 8.42 Å². The molecule has 0 aliphatic rings. The molecule has 0 aliphatic heterocycles. The second-order valence-electron chi connectivity index (χ2n) is 6.20. The van der Waals surface area contributed by atoms with Gasteiger partial charge in [-0.1, -0.05) is 13.2 Å². The van der Waals surface area contributed by atoms with E-state index in [4.69, 9.17) is 18.8 Å². The number of carbonyl (C=O) groups excluding carboxylic acids is 3. The molecule has 0 aromatic heterocycles. The molecule has 0 aliphatic carbocycles. The summed E-state index contributed by atoms with van der Waals surface area (Å²) < 4.78 is 45.6. The normalized spacial score (nSPS) is 12.2. The van der Waals surface area contributed by atoms with E-state index in [1.165, 1.54) is 20.8 Å². The van der Waals surface area contributed by atoms with Crippen LogP contribution in [0.3, 0.4) is 0 Å². The summed E-state index contributed by atoms with van der Waals surface area (Å²) in [6.45, 7) is 10.4. The van der Waals surface area contributed by atoms with E-state index in [0.29, 0.717) is 0 Å². The van der Waals surface area contributed by atoms with Crippen molar-refractivity contribution >= 4 is 79.4 Å². The maximum absolute atomic E-state index is 12.3. The summed E-state index contributed by atoms with van der Waals surface area (Å²) in [5.41, 5.74) is -1.41. The molecular formula is C16H25KO9S. The zero-order valence-electron chi connectivity index (χ0n) is 15.2. The molecule has 0 amide bonds. The van der Waals surface area contributed by atoms with Crippen molar-refractivity contribution in [3.8, 4) is 0 Å². The van der Waals surface area contributed by atoms with E-state index in [2.05, 4.69) is 13.2 Å². The number of carbonyl (C=O) groups is 3. The quantitative estimate of drug-likeness (QED) is 0.171. The summed E-state index contributed by atoms with van der Waals surface area (Å²) in [5.74, 6) is -2.50. The summed E-state index contributed by atoms with van der Waals surface area (Å²) in [6.07, 6.45) is 0. The van der Waals surface area contributed by atoms with Gasteiger partial charge in [-0.3, -0.25) is 9.35 Å². The third kappa shape index (κ3) is 10.5. The van der Waals surface area contributed by atoms with Gasteiger partial charge in [0.1, 0.15) is 30.5 Å². The molecule has 0 bridgehead atoms. The van der Waals surface area contributed by atoms with Gasteiger partial charge in [0, 0.05) is 11.1 Å². The Morgan fingerprint density at radius 2 is 1.37 bits per heavy atom. The van der Waals surface area contributed by atoms with Crippen LogP contribution in [-0.4, -0.2) is 107 Å². The first-order valence-electron chi connectivity index (χ1n) is 7.49. The van der Waals surface area contributed by atoms with E-state index in [0.717, 1.165) is 6.92 Å². The summed E-state index contributed by atoms with van der Waals surface area (Å²) in [4.78, 5) is 35.4. The van der Waals surface area contributed by atoms with E-state index in [-0.39, 0.29) is 62.5 Å². The Labute approximate surface area is 201 Å². The molecule has 11 heteroatoms. The molecular weight excluding hydrogens is 407 g/mol. The van der Waals surface area contributed by atoms with Crippen molar-refractivity contribution in [2.45, 2.75) is 32.9 Å². The van der Waals surface area contributed by atoms with Crippen LogP contribution in [0.2, 0.25) is 0 Å². The minimum atomic E-state index is -4.39. The summed E-state index contributed by atoms with van der Waals surface area (Å²) in [7, 11) is -4.39. The van der Waals surface area contributed by atoms with Gasteiger partial charge in [0.25, 0.3) is 10.1 Å². The fourth-order valence-corrected chi connectivity index (χ4v) is 1.55. The Hall–Kier alpha value is -0.564. The molecule has 0 rings (SSSR count). The Kier molecular flexibility index (Phi) is 12.8. The summed E-state index contributed by atoms with van der Waals surface area (Å²) >= 11 is 0. The van der Waals surface area contributed by atoms with Gasteiger partial charge in [-0.05, 0) is 27.7 Å². The third-order valence-corrected chi connectivity index (χ3v) is 4.34. The number of hydrogen-bond donors (Lipinski definition) is 1. The molecule has 1 atom stereocenters. The number of rotatable bonds is 10. The average Bonchev–Trinajstić information content (AvgIpc) is 2.53. The predicted octanol–water partition coefficient (Wildman–Crippen LogP) is 0.402. The Bertz CT molecular complexity index is 667. The Morgan fingerprint density at radius 1 is 1.00 bits per heavy atom. The first kappa shape index (κ1) is 28.6. The second-order valence-corrected chi connectivity index (χ2v) is 8.03. The first-order valence-corrected chi connectivity index (χ1v) is 9.00. The van der Waals surface area contributed by atoms with Crippen molar-refractivity contribution in [2.75, 3.05) is 19.8 Å². The van der Waals surface area contributed by atoms with Crippen molar-refractivity contribution in [2.24, 2.45) is 5.41 Å². The van der Waals surface area contributed by atoms with Crippen LogP contribution in [0, 0.1) is 5.41 Å². The summed E-state index contributed by atoms with van der Waals surface area (Å²) in [5, 5.41) is -1.35. The van der Waals surface area contributed by atoms with Gasteiger partial charge >= 0.3 is 69.3 Å². The maximum atomic E-state index is 12.3. The van der Waals surface area contributed by atoms with Crippen LogP contribution in [0.15, 0.2) is 24.3 Å². The standard InChI is InChI=1S/C16H24O9S.K.H/c1-10(2)13(17)24-8-16(6,9-25-14(18)11(3)4)15(19)23-7-12(5)26(20,21)22;;/h12H,1,3,7-9H2,2,4-6H3,(H,20,21,22);;. The van der Waals surface area contributed by atoms with Crippen LogP contribution in [-0.2, 0) is 38.7 Å². The first-order chi connectivity index (χ1) is 11.7. The molecule has 0 saturated heterocycles. The molecule has 150 valence electrons. The van der Waals surface area contributed by atoms with Crippen molar-refractivity contribution in [3.63, 3.8) is 0 Å². The molecule has 9 nitrogen and oxygen atoms in total. The van der Waals surface area contributed by atoms with Crippen molar-refractivity contribution in [1.82, 2.24) is 0 Å². The second kappa shape index (κ2) is 12.1. The van der Waals surface area contributed by atoms with E-state index in [9.17, 15) is 22.8 Å². The third-order valence-electron chi connectivity index (χ3n) is 3.19. The number of esters is 3. The van der Waals surface area contributed by atoms with Gasteiger partial charge in [-0.15, -0.1) is 0 Å². The van der Waals surface area contributed by atoms with Crippen molar-refractivity contribution < 1.29 is 41.6 Å². The van der Waals surface area contributed by atoms with Crippen LogP contribution < -0.4 is 0 Å². The molecule has 0 aromatic carbocycles. The topological polar surface area (TPSA) is 133 Å². The van der Waals surface area contributed by atoms with Gasteiger partial charge in [-0.25, -0.2) is 9.59 Å². The minimum absolute atomic E-state index is 0. The molecule has 1 N–H and O–H groups in total. The average molecular weight is 433 g/mol. The van der Waals surface area contributed by atoms with Crippen LogP contribution in [0.25, 0.3) is 0 Å². The van der Waals surface area contributed by atoms with Gasteiger partial charge < -0.3 is 14.2 Å². The molecule has 0 spiro atoms. The van der Waals surface area contributed by atoms with E-state index in [1.807, 2.05) is 0 Å². The fourth-order valence-electron chi connectivity index (χ4n) is 1.31. The Morgan fingerprint density at radius 3 is 1.67 bits per heavy atom. The Balaban J connectivity index is 0. The summed E-state index contributed by atoms with van der Waals surface area (Å²) in [6, 6.07) is 0. The van der Waals surface area contributed by atoms with Gasteiger partial charge in [0.2, 0.25) is 0 Å².